The number of amides is 1. The number of aryl methyl sites for hydroxylation is 2. The van der Waals surface area contributed by atoms with Crippen LogP contribution in [-0.4, -0.2) is 16.6 Å². The molecule has 1 aromatic heterocycles. The van der Waals surface area contributed by atoms with E-state index in [2.05, 4.69) is 35.4 Å². The van der Waals surface area contributed by atoms with Crippen LogP contribution in [0.15, 0.2) is 42.6 Å². The first kappa shape index (κ1) is 14.6. The maximum atomic E-state index is 11.8. The number of thioether (sulfide) groups is 1. The van der Waals surface area contributed by atoms with Crippen LogP contribution >= 0.6 is 11.8 Å². The summed E-state index contributed by atoms with van der Waals surface area (Å²) < 4.78 is 0. The van der Waals surface area contributed by atoms with Crippen molar-refractivity contribution in [2.45, 2.75) is 19.6 Å². The van der Waals surface area contributed by atoms with Gasteiger partial charge in [0.05, 0.1) is 5.75 Å². The molecule has 0 aliphatic rings. The number of benzene rings is 1. The summed E-state index contributed by atoms with van der Waals surface area (Å²) in [7, 11) is 0. The molecule has 20 heavy (non-hydrogen) atoms. The van der Waals surface area contributed by atoms with Crippen LogP contribution in [-0.2, 0) is 10.5 Å². The quantitative estimate of drug-likeness (QED) is 0.913. The van der Waals surface area contributed by atoms with Crippen LogP contribution in [0.3, 0.4) is 0 Å². The normalized spacial score (nSPS) is 10.3. The highest BCUT2D eigenvalue weighted by molar-refractivity contribution is 7.99. The molecule has 0 spiro atoms. The van der Waals surface area contributed by atoms with Gasteiger partial charge in [0.15, 0.2) is 0 Å². The average Bonchev–Trinajstić information content (AvgIpc) is 2.38. The Hall–Kier alpha value is -1.81. The lowest BCUT2D eigenvalue weighted by atomic mass is 10.2. The number of aromatic nitrogens is 1. The fourth-order valence-corrected chi connectivity index (χ4v) is 2.62. The average molecular weight is 286 g/mol. The highest BCUT2D eigenvalue weighted by atomic mass is 32.2. The molecule has 104 valence electrons. The van der Waals surface area contributed by atoms with Gasteiger partial charge in [0.25, 0.3) is 0 Å². The Balaban J connectivity index is 1.78. The van der Waals surface area contributed by atoms with Gasteiger partial charge in [0.1, 0.15) is 5.82 Å². The first-order valence-corrected chi connectivity index (χ1v) is 7.65. The number of hydrogen-bond acceptors (Lipinski definition) is 3. The Morgan fingerprint density at radius 2 is 2.00 bits per heavy atom. The van der Waals surface area contributed by atoms with Crippen molar-refractivity contribution in [2.75, 3.05) is 11.1 Å². The molecule has 4 heteroatoms. The summed E-state index contributed by atoms with van der Waals surface area (Å²) in [6, 6.07) is 12.1. The number of anilines is 1. The van der Waals surface area contributed by atoms with Gasteiger partial charge < -0.3 is 5.32 Å². The summed E-state index contributed by atoms with van der Waals surface area (Å²) in [5.41, 5.74) is 3.58. The van der Waals surface area contributed by atoms with Crippen LogP contribution in [0.1, 0.15) is 16.7 Å². The SMILES string of the molecule is Cc1cccc(CSCC(=O)Nc2cc(C)ccn2)c1. The van der Waals surface area contributed by atoms with Gasteiger partial charge in [-0.1, -0.05) is 29.8 Å². The molecular weight excluding hydrogens is 268 g/mol. The number of nitrogens with zero attached hydrogens (tertiary/aromatic N) is 1. The van der Waals surface area contributed by atoms with Crippen molar-refractivity contribution >= 4 is 23.5 Å². The second-order valence-electron chi connectivity index (χ2n) is 4.75. The smallest absolute Gasteiger partial charge is 0.235 e. The largest absolute Gasteiger partial charge is 0.310 e. The van der Waals surface area contributed by atoms with Gasteiger partial charge >= 0.3 is 0 Å². The summed E-state index contributed by atoms with van der Waals surface area (Å²) >= 11 is 1.61. The van der Waals surface area contributed by atoms with Crippen molar-refractivity contribution in [3.63, 3.8) is 0 Å². The zero-order valence-corrected chi connectivity index (χ0v) is 12.5. The van der Waals surface area contributed by atoms with Gasteiger partial charge in [0, 0.05) is 11.9 Å². The molecule has 0 saturated carbocycles. The van der Waals surface area contributed by atoms with E-state index < -0.39 is 0 Å². The standard InChI is InChI=1S/C16H18N2OS/c1-12-4-3-5-14(8-12)10-20-11-16(19)18-15-9-13(2)6-7-17-15/h3-9H,10-11H2,1-2H3,(H,17,18,19). The minimum absolute atomic E-state index is 0.0132. The van der Waals surface area contributed by atoms with E-state index in [0.717, 1.165) is 11.3 Å². The van der Waals surface area contributed by atoms with Crippen LogP contribution in [0.2, 0.25) is 0 Å². The van der Waals surface area contributed by atoms with Gasteiger partial charge in [-0.2, -0.15) is 0 Å². The Morgan fingerprint density at radius 1 is 1.20 bits per heavy atom. The van der Waals surface area contributed by atoms with Crippen molar-refractivity contribution in [1.82, 2.24) is 4.98 Å². The predicted octanol–water partition coefficient (Wildman–Crippen LogP) is 3.57. The van der Waals surface area contributed by atoms with Crippen molar-refractivity contribution in [1.29, 1.82) is 0 Å². The van der Waals surface area contributed by atoms with Gasteiger partial charge in [-0.25, -0.2) is 4.98 Å². The lowest BCUT2D eigenvalue weighted by molar-refractivity contribution is -0.113. The molecule has 0 unspecified atom stereocenters. The first-order chi connectivity index (χ1) is 9.63. The third-order valence-corrected chi connectivity index (χ3v) is 3.77. The van der Waals surface area contributed by atoms with Crippen LogP contribution in [0.4, 0.5) is 5.82 Å². The molecule has 0 bridgehead atoms. The third-order valence-electron chi connectivity index (χ3n) is 2.77. The topological polar surface area (TPSA) is 42.0 Å². The Labute approximate surface area is 123 Å². The van der Waals surface area contributed by atoms with E-state index in [4.69, 9.17) is 0 Å². The van der Waals surface area contributed by atoms with E-state index in [9.17, 15) is 4.79 Å². The number of carbonyl (C=O) groups is 1. The van der Waals surface area contributed by atoms with E-state index in [1.54, 1.807) is 18.0 Å². The molecule has 1 aromatic carbocycles. The van der Waals surface area contributed by atoms with Gasteiger partial charge in [-0.15, -0.1) is 11.8 Å². The molecule has 3 nitrogen and oxygen atoms in total. The summed E-state index contributed by atoms with van der Waals surface area (Å²) in [5.74, 6) is 1.88. The maximum Gasteiger partial charge on any atom is 0.235 e. The van der Waals surface area contributed by atoms with Crippen molar-refractivity contribution < 1.29 is 4.79 Å². The lowest BCUT2D eigenvalue weighted by Gasteiger charge is -2.05. The number of hydrogen-bond donors (Lipinski definition) is 1. The molecule has 1 heterocycles. The number of carbonyl (C=O) groups excluding carboxylic acids is 1. The highest BCUT2D eigenvalue weighted by Crippen LogP contribution is 2.14. The molecule has 0 fully saturated rings. The third kappa shape index (κ3) is 4.70. The fraction of sp³-hybridized carbons (Fsp3) is 0.250. The molecule has 0 atom stereocenters. The summed E-state index contributed by atoms with van der Waals surface area (Å²) in [6.45, 7) is 4.05. The molecule has 0 aliphatic heterocycles. The van der Waals surface area contributed by atoms with Crippen LogP contribution in [0, 0.1) is 13.8 Å². The molecule has 0 aliphatic carbocycles. The van der Waals surface area contributed by atoms with E-state index >= 15 is 0 Å². The predicted molar refractivity (Wildman–Crippen MR) is 84.9 cm³/mol. The molecule has 2 aromatic rings. The first-order valence-electron chi connectivity index (χ1n) is 6.49. The number of rotatable bonds is 5. The zero-order chi connectivity index (χ0) is 14.4. The lowest BCUT2D eigenvalue weighted by Crippen LogP contribution is -2.15. The molecule has 0 radical (unpaired) electrons. The fourth-order valence-electron chi connectivity index (χ4n) is 1.85. The zero-order valence-electron chi connectivity index (χ0n) is 11.7. The number of nitrogens with one attached hydrogen (secondary N) is 1. The second kappa shape index (κ2) is 7.10. The van der Waals surface area contributed by atoms with E-state index in [0.29, 0.717) is 11.6 Å². The molecular formula is C16H18N2OS. The Kier molecular flexibility index (Phi) is 5.18. The Bertz CT molecular complexity index is 599. The molecule has 0 saturated heterocycles. The second-order valence-corrected chi connectivity index (χ2v) is 5.73. The summed E-state index contributed by atoms with van der Waals surface area (Å²) in [4.78, 5) is 15.9. The van der Waals surface area contributed by atoms with Gasteiger partial charge in [0.2, 0.25) is 5.91 Å². The van der Waals surface area contributed by atoms with Crippen LogP contribution in [0.25, 0.3) is 0 Å². The molecule has 2 rings (SSSR count). The Morgan fingerprint density at radius 3 is 2.75 bits per heavy atom. The van der Waals surface area contributed by atoms with E-state index in [1.165, 1.54) is 11.1 Å². The minimum Gasteiger partial charge on any atom is -0.310 e. The minimum atomic E-state index is -0.0132. The van der Waals surface area contributed by atoms with Gasteiger partial charge in [-0.05, 0) is 37.1 Å². The monoisotopic (exact) mass is 286 g/mol. The van der Waals surface area contributed by atoms with Crippen molar-refractivity contribution in [2.24, 2.45) is 0 Å². The maximum absolute atomic E-state index is 11.8. The van der Waals surface area contributed by atoms with Crippen LogP contribution in [0.5, 0.6) is 0 Å². The molecule has 1 amide bonds. The summed E-state index contributed by atoms with van der Waals surface area (Å²) in [6.07, 6.45) is 1.70. The van der Waals surface area contributed by atoms with E-state index in [-0.39, 0.29) is 5.91 Å². The number of pyridine rings is 1. The van der Waals surface area contributed by atoms with E-state index in [1.807, 2.05) is 25.1 Å². The van der Waals surface area contributed by atoms with Crippen LogP contribution < -0.4 is 5.32 Å². The summed E-state index contributed by atoms with van der Waals surface area (Å²) in [5, 5.41) is 2.81. The molecule has 1 N–H and O–H groups in total. The van der Waals surface area contributed by atoms with Gasteiger partial charge in [-0.3, -0.25) is 4.79 Å². The highest BCUT2D eigenvalue weighted by Gasteiger charge is 2.04. The van der Waals surface area contributed by atoms with Crippen molar-refractivity contribution in [3.05, 3.63) is 59.3 Å². The van der Waals surface area contributed by atoms with Crippen molar-refractivity contribution in [3.8, 4) is 0 Å².